The number of carboxylic acid groups (broad SMARTS) is 1. The van der Waals surface area contributed by atoms with Crippen molar-refractivity contribution in [3.63, 3.8) is 0 Å². The van der Waals surface area contributed by atoms with E-state index in [1.807, 2.05) is 0 Å². The summed E-state index contributed by atoms with van der Waals surface area (Å²) in [4.78, 5) is 20.7. The quantitative estimate of drug-likeness (QED) is 0.375. The molecule has 6 heteroatoms. The number of hydrogen-bond donors (Lipinski definition) is 3. The van der Waals surface area contributed by atoms with Crippen molar-refractivity contribution in [3.05, 3.63) is 12.2 Å². The number of carbonyl (C=O) groups excluding carboxylic acids is 1. The fourth-order valence-corrected chi connectivity index (χ4v) is 0.574. The number of aliphatic hydroxyl groups excluding tert-OH is 2. The minimum Gasteiger partial charge on any atom is -0.478 e. The Morgan fingerprint density at radius 1 is 1.36 bits per heavy atom. The molecule has 0 rings (SSSR count). The zero-order chi connectivity index (χ0) is 11.0. The highest BCUT2D eigenvalue weighted by Crippen LogP contribution is 1.92. The first-order valence-corrected chi connectivity index (χ1v) is 3.93. The normalized spacial score (nSPS) is 12.7. The van der Waals surface area contributed by atoms with Gasteiger partial charge in [0.2, 0.25) is 0 Å². The first kappa shape index (κ1) is 12.6. The van der Waals surface area contributed by atoms with Crippen LogP contribution in [0.5, 0.6) is 0 Å². The van der Waals surface area contributed by atoms with Gasteiger partial charge in [0.1, 0.15) is 0 Å². The van der Waals surface area contributed by atoms with Crippen molar-refractivity contribution in [2.75, 3.05) is 13.2 Å². The fraction of sp³-hybridized carbons (Fsp3) is 0.500. The topological polar surface area (TPSA) is 104 Å². The standard InChI is InChI=1S/C8H12O6/c9-5-6(10)3-4-14-8(13)2-1-7(11)12/h1-2,6,9-10H,3-5H2,(H,11,12)/b2-1+/t6-/m1/s1. The Morgan fingerprint density at radius 3 is 2.50 bits per heavy atom. The van der Waals surface area contributed by atoms with Crippen LogP contribution in [0.25, 0.3) is 0 Å². The molecule has 0 heterocycles. The molecule has 6 nitrogen and oxygen atoms in total. The molecule has 0 spiro atoms. The lowest BCUT2D eigenvalue weighted by Crippen LogP contribution is -2.16. The molecule has 3 N–H and O–H groups in total. The van der Waals surface area contributed by atoms with Crippen molar-refractivity contribution < 1.29 is 29.6 Å². The van der Waals surface area contributed by atoms with E-state index in [0.717, 1.165) is 6.08 Å². The number of carbonyl (C=O) groups is 2. The van der Waals surface area contributed by atoms with Gasteiger partial charge in [-0.05, 0) is 0 Å². The molecule has 80 valence electrons. The number of ether oxygens (including phenoxy) is 1. The Morgan fingerprint density at radius 2 is 2.00 bits per heavy atom. The van der Waals surface area contributed by atoms with E-state index in [4.69, 9.17) is 15.3 Å². The summed E-state index contributed by atoms with van der Waals surface area (Å²) in [7, 11) is 0. The van der Waals surface area contributed by atoms with Crippen LogP contribution in [-0.2, 0) is 14.3 Å². The third kappa shape index (κ3) is 7.26. The highest BCUT2D eigenvalue weighted by Gasteiger charge is 2.03. The molecule has 0 aliphatic heterocycles. The minimum atomic E-state index is -1.24. The molecule has 0 unspecified atom stereocenters. The lowest BCUT2D eigenvalue weighted by molar-refractivity contribution is -0.139. The molecule has 0 amide bonds. The molecule has 1 atom stereocenters. The third-order valence-electron chi connectivity index (χ3n) is 1.27. The van der Waals surface area contributed by atoms with Crippen LogP contribution in [0.15, 0.2) is 12.2 Å². The van der Waals surface area contributed by atoms with Gasteiger partial charge in [0.05, 0.1) is 19.3 Å². The van der Waals surface area contributed by atoms with Crippen LogP contribution in [0, 0.1) is 0 Å². The van der Waals surface area contributed by atoms with Gasteiger partial charge in [-0.25, -0.2) is 9.59 Å². The van der Waals surface area contributed by atoms with Crippen LogP contribution in [0.2, 0.25) is 0 Å². The molecule has 0 aromatic carbocycles. The maximum atomic E-state index is 10.7. The van der Waals surface area contributed by atoms with Gasteiger partial charge in [-0.15, -0.1) is 0 Å². The Kier molecular flexibility index (Phi) is 6.34. The van der Waals surface area contributed by atoms with Gasteiger partial charge >= 0.3 is 11.9 Å². The second kappa shape index (κ2) is 7.05. The fourth-order valence-electron chi connectivity index (χ4n) is 0.574. The highest BCUT2D eigenvalue weighted by molar-refractivity contribution is 5.90. The third-order valence-corrected chi connectivity index (χ3v) is 1.27. The molecule has 0 aliphatic carbocycles. The van der Waals surface area contributed by atoms with Crippen LogP contribution in [0.3, 0.4) is 0 Å². The van der Waals surface area contributed by atoms with E-state index in [1.165, 1.54) is 0 Å². The van der Waals surface area contributed by atoms with Crippen molar-refractivity contribution in [1.82, 2.24) is 0 Å². The van der Waals surface area contributed by atoms with Gasteiger partial charge < -0.3 is 20.1 Å². The van der Waals surface area contributed by atoms with Gasteiger partial charge in [0.25, 0.3) is 0 Å². The summed E-state index contributed by atoms with van der Waals surface area (Å²) in [6.45, 7) is -0.465. The average Bonchev–Trinajstić information content (AvgIpc) is 2.14. The number of esters is 1. The number of aliphatic hydroxyl groups is 2. The maximum Gasteiger partial charge on any atom is 0.331 e. The van der Waals surface area contributed by atoms with E-state index in [0.29, 0.717) is 6.08 Å². The van der Waals surface area contributed by atoms with Gasteiger partial charge in [-0.3, -0.25) is 0 Å². The predicted octanol–water partition coefficient (Wildman–Crippen LogP) is -1.09. The highest BCUT2D eigenvalue weighted by atomic mass is 16.5. The molecular formula is C8H12O6. The Hall–Kier alpha value is -1.40. The molecule has 0 fully saturated rings. The van der Waals surface area contributed by atoms with E-state index in [2.05, 4.69) is 4.74 Å². The smallest absolute Gasteiger partial charge is 0.331 e. The largest absolute Gasteiger partial charge is 0.478 e. The monoisotopic (exact) mass is 204 g/mol. The van der Waals surface area contributed by atoms with E-state index in [9.17, 15) is 9.59 Å². The van der Waals surface area contributed by atoms with Gasteiger partial charge in [-0.2, -0.15) is 0 Å². The van der Waals surface area contributed by atoms with Crippen molar-refractivity contribution in [1.29, 1.82) is 0 Å². The van der Waals surface area contributed by atoms with Crippen LogP contribution < -0.4 is 0 Å². The molecular weight excluding hydrogens is 192 g/mol. The summed E-state index contributed by atoms with van der Waals surface area (Å²) in [6.07, 6.45) is 0.619. The number of hydrogen-bond acceptors (Lipinski definition) is 5. The van der Waals surface area contributed by atoms with Crippen LogP contribution in [-0.4, -0.2) is 46.6 Å². The molecule has 0 radical (unpaired) electrons. The van der Waals surface area contributed by atoms with Crippen molar-refractivity contribution in [3.8, 4) is 0 Å². The summed E-state index contributed by atoms with van der Waals surface area (Å²) in [6, 6.07) is 0. The van der Waals surface area contributed by atoms with Crippen molar-refractivity contribution >= 4 is 11.9 Å². The molecule has 0 aromatic rings. The van der Waals surface area contributed by atoms with E-state index >= 15 is 0 Å². The number of carboxylic acids is 1. The lowest BCUT2D eigenvalue weighted by atomic mass is 10.3. The lowest BCUT2D eigenvalue weighted by Gasteiger charge is -2.05. The van der Waals surface area contributed by atoms with E-state index in [1.54, 1.807) is 0 Å². The average molecular weight is 204 g/mol. The summed E-state index contributed by atoms with van der Waals surface area (Å²) in [5.74, 6) is -2.03. The second-order valence-corrected chi connectivity index (χ2v) is 2.46. The molecule has 14 heavy (non-hydrogen) atoms. The summed E-state index contributed by atoms with van der Waals surface area (Å²) in [5.41, 5.74) is 0. The molecule has 0 saturated carbocycles. The van der Waals surface area contributed by atoms with Crippen molar-refractivity contribution in [2.24, 2.45) is 0 Å². The minimum absolute atomic E-state index is 0.0650. The Bertz CT molecular complexity index is 222. The molecule has 0 saturated heterocycles. The Balaban J connectivity index is 3.59. The predicted molar refractivity (Wildman–Crippen MR) is 45.4 cm³/mol. The van der Waals surface area contributed by atoms with Crippen LogP contribution in [0.1, 0.15) is 6.42 Å². The molecule has 0 bridgehead atoms. The number of rotatable bonds is 6. The van der Waals surface area contributed by atoms with E-state index < -0.39 is 24.6 Å². The second-order valence-electron chi connectivity index (χ2n) is 2.46. The SMILES string of the molecule is O=C(O)/C=C/C(=O)OCC[C@@H](O)CO. The maximum absolute atomic E-state index is 10.7. The van der Waals surface area contributed by atoms with E-state index in [-0.39, 0.29) is 13.0 Å². The zero-order valence-corrected chi connectivity index (χ0v) is 7.42. The first-order valence-electron chi connectivity index (χ1n) is 3.93. The zero-order valence-electron chi connectivity index (χ0n) is 7.42. The van der Waals surface area contributed by atoms with Crippen LogP contribution in [0.4, 0.5) is 0 Å². The molecule has 0 aliphatic rings. The summed E-state index contributed by atoms with van der Waals surface area (Å²) in [5, 5.41) is 25.4. The van der Waals surface area contributed by atoms with Crippen molar-refractivity contribution in [2.45, 2.75) is 12.5 Å². The van der Waals surface area contributed by atoms with Gasteiger partial charge in [0.15, 0.2) is 0 Å². The van der Waals surface area contributed by atoms with Crippen LogP contribution >= 0.6 is 0 Å². The van der Waals surface area contributed by atoms with Gasteiger partial charge in [0, 0.05) is 18.6 Å². The summed E-state index contributed by atoms with van der Waals surface area (Å²) >= 11 is 0. The first-order chi connectivity index (χ1) is 6.56. The van der Waals surface area contributed by atoms with Gasteiger partial charge in [-0.1, -0.05) is 0 Å². The number of aliphatic carboxylic acids is 1. The molecule has 0 aromatic heterocycles. The Labute approximate surface area is 80.4 Å². The summed E-state index contributed by atoms with van der Waals surface area (Å²) < 4.78 is 4.50.